The number of benzene rings is 1. The number of rotatable bonds is 4. The summed E-state index contributed by atoms with van der Waals surface area (Å²) >= 11 is 3.44. The van der Waals surface area contributed by atoms with Gasteiger partial charge in [0.1, 0.15) is 5.75 Å². The van der Waals surface area contributed by atoms with Crippen LogP contribution in [0.2, 0.25) is 0 Å². The summed E-state index contributed by atoms with van der Waals surface area (Å²) in [5.41, 5.74) is 0.437. The molecule has 1 aliphatic rings. The van der Waals surface area contributed by atoms with Crippen LogP contribution in [0.4, 0.5) is 5.69 Å². The van der Waals surface area contributed by atoms with Gasteiger partial charge in [0, 0.05) is 22.8 Å². The smallest absolute Gasteiger partial charge is 0.122 e. The fraction of sp³-hybridized carbons (Fsp3) is 0.538. The quantitative estimate of drug-likeness (QED) is 0.897. The molecule has 1 fully saturated rings. The molecule has 0 unspecified atom stereocenters. The van der Waals surface area contributed by atoms with Crippen LogP contribution in [0.3, 0.4) is 0 Å². The lowest BCUT2D eigenvalue weighted by Crippen LogP contribution is -2.33. The van der Waals surface area contributed by atoms with Crippen LogP contribution in [0.1, 0.15) is 25.7 Å². The Balaban J connectivity index is 2.00. The standard InChI is InChI=1S/C13H18BrNO2/c1-17-12-7-10(14)6-11(8-12)15-9-13(16)4-2-3-5-13/h6-8,15-16H,2-5,9H2,1H3. The van der Waals surface area contributed by atoms with E-state index in [2.05, 4.69) is 21.2 Å². The highest BCUT2D eigenvalue weighted by atomic mass is 79.9. The lowest BCUT2D eigenvalue weighted by atomic mass is 10.0. The van der Waals surface area contributed by atoms with E-state index in [9.17, 15) is 5.11 Å². The second kappa shape index (κ2) is 5.27. The third-order valence-corrected chi connectivity index (χ3v) is 3.72. The monoisotopic (exact) mass is 299 g/mol. The highest BCUT2D eigenvalue weighted by molar-refractivity contribution is 9.10. The summed E-state index contributed by atoms with van der Waals surface area (Å²) in [5.74, 6) is 0.806. The van der Waals surface area contributed by atoms with Gasteiger partial charge < -0.3 is 15.2 Å². The Morgan fingerprint density at radius 3 is 2.71 bits per heavy atom. The average molecular weight is 300 g/mol. The molecule has 0 atom stereocenters. The molecule has 0 radical (unpaired) electrons. The Kier molecular flexibility index (Phi) is 3.94. The van der Waals surface area contributed by atoms with Gasteiger partial charge in [-0.3, -0.25) is 0 Å². The van der Waals surface area contributed by atoms with Gasteiger partial charge in [-0.2, -0.15) is 0 Å². The Hall–Kier alpha value is -0.740. The summed E-state index contributed by atoms with van der Waals surface area (Å²) in [5, 5.41) is 13.5. The SMILES string of the molecule is COc1cc(Br)cc(NCC2(O)CCCC2)c1. The maximum atomic E-state index is 10.2. The molecule has 4 heteroatoms. The fourth-order valence-electron chi connectivity index (χ4n) is 2.26. The van der Waals surface area contributed by atoms with Crippen molar-refractivity contribution < 1.29 is 9.84 Å². The van der Waals surface area contributed by atoms with Crippen LogP contribution < -0.4 is 10.1 Å². The summed E-state index contributed by atoms with van der Waals surface area (Å²) in [6.07, 6.45) is 4.04. The van der Waals surface area contributed by atoms with Gasteiger partial charge in [-0.05, 0) is 25.0 Å². The Morgan fingerprint density at radius 1 is 1.35 bits per heavy atom. The molecular formula is C13H18BrNO2. The van der Waals surface area contributed by atoms with Crippen molar-refractivity contribution in [1.82, 2.24) is 0 Å². The Bertz CT molecular complexity index is 389. The minimum absolute atomic E-state index is 0.532. The van der Waals surface area contributed by atoms with Crippen LogP contribution in [0.25, 0.3) is 0 Å². The first-order chi connectivity index (χ1) is 8.11. The summed E-state index contributed by atoms with van der Waals surface area (Å²) < 4.78 is 6.17. The molecular weight excluding hydrogens is 282 g/mol. The predicted octanol–water partition coefficient (Wildman–Crippen LogP) is 3.17. The first-order valence-corrected chi connectivity index (χ1v) is 6.71. The van der Waals surface area contributed by atoms with E-state index in [1.807, 2.05) is 18.2 Å². The number of halogens is 1. The Morgan fingerprint density at radius 2 is 2.06 bits per heavy atom. The maximum absolute atomic E-state index is 10.2. The van der Waals surface area contributed by atoms with Crippen molar-refractivity contribution in [2.45, 2.75) is 31.3 Å². The summed E-state index contributed by atoms with van der Waals surface area (Å²) in [4.78, 5) is 0. The predicted molar refractivity (Wildman–Crippen MR) is 72.6 cm³/mol. The number of methoxy groups -OCH3 is 1. The van der Waals surface area contributed by atoms with Crippen LogP contribution >= 0.6 is 15.9 Å². The van der Waals surface area contributed by atoms with Crippen molar-refractivity contribution in [3.63, 3.8) is 0 Å². The van der Waals surface area contributed by atoms with Gasteiger partial charge in [-0.15, -0.1) is 0 Å². The van der Waals surface area contributed by atoms with E-state index in [0.29, 0.717) is 6.54 Å². The van der Waals surface area contributed by atoms with Gasteiger partial charge in [0.25, 0.3) is 0 Å². The topological polar surface area (TPSA) is 41.5 Å². The third-order valence-electron chi connectivity index (χ3n) is 3.26. The summed E-state index contributed by atoms with van der Waals surface area (Å²) in [6, 6.07) is 5.83. The van der Waals surface area contributed by atoms with E-state index in [0.717, 1.165) is 41.6 Å². The number of ether oxygens (including phenoxy) is 1. The second-order valence-corrected chi connectivity index (χ2v) is 5.58. The average Bonchev–Trinajstić information content (AvgIpc) is 2.73. The van der Waals surface area contributed by atoms with E-state index in [1.54, 1.807) is 7.11 Å². The molecule has 1 aliphatic carbocycles. The molecule has 0 bridgehead atoms. The highest BCUT2D eigenvalue weighted by Crippen LogP contribution is 2.30. The van der Waals surface area contributed by atoms with Crippen molar-refractivity contribution in [3.05, 3.63) is 22.7 Å². The van der Waals surface area contributed by atoms with Gasteiger partial charge in [0.15, 0.2) is 0 Å². The van der Waals surface area contributed by atoms with E-state index in [4.69, 9.17) is 4.74 Å². The molecule has 1 saturated carbocycles. The van der Waals surface area contributed by atoms with Crippen molar-refractivity contribution in [2.24, 2.45) is 0 Å². The van der Waals surface area contributed by atoms with Crippen LogP contribution in [-0.2, 0) is 0 Å². The lowest BCUT2D eigenvalue weighted by molar-refractivity contribution is 0.0614. The van der Waals surface area contributed by atoms with E-state index >= 15 is 0 Å². The molecule has 17 heavy (non-hydrogen) atoms. The molecule has 0 amide bonds. The van der Waals surface area contributed by atoms with Gasteiger partial charge in [-0.1, -0.05) is 28.8 Å². The van der Waals surface area contributed by atoms with Crippen molar-refractivity contribution >= 4 is 21.6 Å². The normalized spacial score (nSPS) is 18.1. The molecule has 0 saturated heterocycles. The Labute approximate surface area is 110 Å². The van der Waals surface area contributed by atoms with Crippen molar-refractivity contribution in [2.75, 3.05) is 19.0 Å². The number of nitrogens with one attached hydrogen (secondary N) is 1. The minimum Gasteiger partial charge on any atom is -0.497 e. The first kappa shape index (κ1) is 12.7. The fourth-order valence-corrected chi connectivity index (χ4v) is 2.73. The van der Waals surface area contributed by atoms with Crippen LogP contribution in [0, 0.1) is 0 Å². The first-order valence-electron chi connectivity index (χ1n) is 5.92. The van der Waals surface area contributed by atoms with Gasteiger partial charge >= 0.3 is 0 Å². The maximum Gasteiger partial charge on any atom is 0.122 e. The molecule has 0 aromatic heterocycles. The number of aliphatic hydroxyl groups is 1. The van der Waals surface area contributed by atoms with E-state index < -0.39 is 5.60 Å². The molecule has 1 aromatic rings. The zero-order valence-corrected chi connectivity index (χ0v) is 11.6. The molecule has 2 rings (SSSR count). The highest BCUT2D eigenvalue weighted by Gasteiger charge is 2.30. The molecule has 1 aromatic carbocycles. The number of hydrogen-bond acceptors (Lipinski definition) is 3. The molecule has 0 aliphatic heterocycles. The zero-order chi connectivity index (χ0) is 12.3. The molecule has 94 valence electrons. The largest absolute Gasteiger partial charge is 0.497 e. The molecule has 3 nitrogen and oxygen atoms in total. The zero-order valence-electron chi connectivity index (χ0n) is 10.0. The second-order valence-electron chi connectivity index (χ2n) is 4.66. The van der Waals surface area contributed by atoms with Gasteiger partial charge in [0.2, 0.25) is 0 Å². The van der Waals surface area contributed by atoms with Crippen LogP contribution in [0.5, 0.6) is 5.75 Å². The van der Waals surface area contributed by atoms with Crippen LogP contribution in [-0.4, -0.2) is 24.4 Å². The van der Waals surface area contributed by atoms with E-state index in [-0.39, 0.29) is 0 Å². The van der Waals surface area contributed by atoms with Gasteiger partial charge in [-0.25, -0.2) is 0 Å². The van der Waals surface area contributed by atoms with Gasteiger partial charge in [0.05, 0.1) is 12.7 Å². The number of hydrogen-bond donors (Lipinski definition) is 2. The van der Waals surface area contributed by atoms with Crippen molar-refractivity contribution in [3.8, 4) is 5.75 Å². The molecule has 0 heterocycles. The van der Waals surface area contributed by atoms with Crippen molar-refractivity contribution in [1.29, 1.82) is 0 Å². The molecule has 0 spiro atoms. The number of anilines is 1. The summed E-state index contributed by atoms with van der Waals surface area (Å²) in [6.45, 7) is 0.604. The lowest BCUT2D eigenvalue weighted by Gasteiger charge is -2.23. The minimum atomic E-state index is -0.532. The van der Waals surface area contributed by atoms with Crippen LogP contribution in [0.15, 0.2) is 22.7 Å². The molecule has 2 N–H and O–H groups in total. The summed E-state index contributed by atoms with van der Waals surface area (Å²) in [7, 11) is 1.65. The van der Waals surface area contributed by atoms with E-state index in [1.165, 1.54) is 0 Å². The third kappa shape index (κ3) is 3.36.